The summed E-state index contributed by atoms with van der Waals surface area (Å²) in [6.45, 7) is 1.93. The summed E-state index contributed by atoms with van der Waals surface area (Å²) in [6.07, 6.45) is 5.30. The molecule has 1 saturated heterocycles. The zero-order chi connectivity index (χ0) is 23.7. The van der Waals surface area contributed by atoms with Crippen molar-refractivity contribution in [3.8, 4) is 0 Å². The van der Waals surface area contributed by atoms with Gasteiger partial charge in [0.15, 0.2) is 0 Å². The van der Waals surface area contributed by atoms with Crippen LogP contribution < -0.4 is 15.1 Å². The first-order valence-electron chi connectivity index (χ1n) is 11.1. The number of rotatable bonds is 5. The summed E-state index contributed by atoms with van der Waals surface area (Å²) in [5.74, 6) is -0.320. The van der Waals surface area contributed by atoms with Gasteiger partial charge in [0.05, 0.1) is 23.1 Å². The normalized spacial score (nSPS) is 19.2. The fourth-order valence-electron chi connectivity index (χ4n) is 4.84. The Morgan fingerprint density at radius 1 is 1.21 bits per heavy atom. The summed E-state index contributed by atoms with van der Waals surface area (Å²) >= 11 is 0. The van der Waals surface area contributed by atoms with Crippen molar-refractivity contribution in [1.82, 2.24) is 15.3 Å². The summed E-state index contributed by atoms with van der Waals surface area (Å²) < 4.78 is 14.1. The van der Waals surface area contributed by atoms with Crippen LogP contribution in [0.4, 0.5) is 21.6 Å². The van der Waals surface area contributed by atoms with Crippen LogP contribution in [0.5, 0.6) is 0 Å². The summed E-state index contributed by atoms with van der Waals surface area (Å²) in [5.41, 5.74) is 2.09. The van der Waals surface area contributed by atoms with E-state index in [1.54, 1.807) is 48.9 Å². The van der Waals surface area contributed by atoms with Crippen molar-refractivity contribution in [2.24, 2.45) is 5.92 Å². The number of hydrogen-bond donors (Lipinski definition) is 1. The number of nitro benzene ring substituents is 1. The molecule has 0 saturated carbocycles. The highest BCUT2D eigenvalue weighted by Gasteiger charge is 2.42. The largest absolute Gasteiger partial charge is 0.364 e. The van der Waals surface area contributed by atoms with Crippen LogP contribution in [0.25, 0.3) is 0 Å². The van der Waals surface area contributed by atoms with Gasteiger partial charge in [-0.25, -0.2) is 9.37 Å². The number of nitrogens with one attached hydrogen (secondary N) is 1. The lowest BCUT2D eigenvalue weighted by atomic mass is 9.83. The fourth-order valence-corrected chi connectivity index (χ4v) is 4.84. The number of benzene rings is 2. The van der Waals surface area contributed by atoms with Crippen molar-refractivity contribution in [1.29, 1.82) is 0 Å². The van der Waals surface area contributed by atoms with Crippen LogP contribution in [-0.4, -0.2) is 46.5 Å². The van der Waals surface area contributed by atoms with Crippen LogP contribution in [-0.2, 0) is 17.8 Å². The number of carbonyl (C=O) groups excluding carboxylic acids is 1. The minimum atomic E-state index is -0.472. The highest BCUT2D eigenvalue weighted by Crippen LogP contribution is 2.38. The Morgan fingerprint density at radius 2 is 2.06 bits per heavy atom. The molecule has 2 atom stereocenters. The summed E-state index contributed by atoms with van der Waals surface area (Å²) in [6, 6.07) is 11.0. The SMILES string of the molecule is O=C(NCc1ccccc1F)[C@H]1Cc2cc([N+](=O)[O-])ccc2N2CCN(c3cnccn3)C[C@@H]12. The van der Waals surface area contributed by atoms with Crippen molar-refractivity contribution in [2.45, 2.75) is 19.0 Å². The van der Waals surface area contributed by atoms with Crippen molar-refractivity contribution in [3.05, 3.63) is 88.1 Å². The van der Waals surface area contributed by atoms with Crippen LogP contribution >= 0.6 is 0 Å². The van der Waals surface area contributed by atoms with E-state index in [9.17, 15) is 19.3 Å². The fraction of sp³-hybridized carbons (Fsp3) is 0.292. The highest BCUT2D eigenvalue weighted by molar-refractivity contribution is 5.82. The van der Waals surface area contributed by atoms with Gasteiger partial charge in [-0.1, -0.05) is 18.2 Å². The van der Waals surface area contributed by atoms with Gasteiger partial charge in [-0.15, -0.1) is 0 Å². The number of piperazine rings is 1. The van der Waals surface area contributed by atoms with Gasteiger partial charge in [-0.05, 0) is 24.1 Å². The Morgan fingerprint density at radius 3 is 2.82 bits per heavy atom. The molecule has 1 N–H and O–H groups in total. The van der Waals surface area contributed by atoms with E-state index in [0.717, 1.165) is 17.1 Å². The van der Waals surface area contributed by atoms with Crippen LogP contribution in [0.3, 0.4) is 0 Å². The number of carbonyl (C=O) groups is 1. The molecule has 1 amide bonds. The molecular formula is C24H23FN6O3. The number of non-ortho nitro benzene ring substituents is 1. The molecule has 0 unspecified atom stereocenters. The topological polar surface area (TPSA) is 104 Å². The second-order valence-electron chi connectivity index (χ2n) is 8.46. The molecule has 0 bridgehead atoms. The van der Waals surface area contributed by atoms with E-state index < -0.39 is 10.8 Å². The van der Waals surface area contributed by atoms with Gasteiger partial charge in [-0.2, -0.15) is 0 Å². The first-order chi connectivity index (χ1) is 16.5. The first-order valence-corrected chi connectivity index (χ1v) is 11.1. The maximum atomic E-state index is 14.1. The standard InChI is InChI=1S/C24H23FN6O3/c25-20-4-2-1-3-16(20)13-28-24(32)19-12-17-11-18(31(33)34)5-6-21(17)30-10-9-29(15-22(19)30)23-14-26-7-8-27-23/h1-8,11,14,19,22H,9-10,12-13,15H2,(H,28,32)/t19-,22-/m0/s1. The Balaban J connectivity index is 1.44. The van der Waals surface area contributed by atoms with Crippen LogP contribution in [0.15, 0.2) is 61.1 Å². The molecule has 9 nitrogen and oxygen atoms in total. The van der Waals surface area contributed by atoms with E-state index in [0.29, 0.717) is 31.6 Å². The third-order valence-corrected chi connectivity index (χ3v) is 6.53. The van der Waals surface area contributed by atoms with Crippen LogP contribution in [0.1, 0.15) is 11.1 Å². The maximum absolute atomic E-state index is 14.1. The lowest BCUT2D eigenvalue weighted by Gasteiger charge is -2.49. The van der Waals surface area contributed by atoms with E-state index in [1.807, 2.05) is 0 Å². The van der Waals surface area contributed by atoms with E-state index in [2.05, 4.69) is 25.1 Å². The quantitative estimate of drug-likeness (QED) is 0.459. The number of aromatic nitrogens is 2. The number of hydrogen-bond acceptors (Lipinski definition) is 7. The van der Waals surface area contributed by atoms with Crippen LogP contribution in [0, 0.1) is 21.8 Å². The zero-order valence-electron chi connectivity index (χ0n) is 18.3. The van der Waals surface area contributed by atoms with Gasteiger partial charge < -0.3 is 15.1 Å². The maximum Gasteiger partial charge on any atom is 0.269 e. The average Bonchev–Trinajstić information content (AvgIpc) is 2.87. The monoisotopic (exact) mass is 462 g/mol. The van der Waals surface area contributed by atoms with Crippen molar-refractivity contribution >= 4 is 23.1 Å². The number of nitro groups is 1. The third-order valence-electron chi connectivity index (χ3n) is 6.53. The van der Waals surface area contributed by atoms with Gasteiger partial charge in [0.2, 0.25) is 5.91 Å². The number of fused-ring (bicyclic) bond motifs is 3. The Hall–Kier alpha value is -4.08. The second-order valence-corrected chi connectivity index (χ2v) is 8.46. The van der Waals surface area contributed by atoms with E-state index in [4.69, 9.17) is 0 Å². The average molecular weight is 462 g/mol. The van der Waals surface area contributed by atoms with Crippen molar-refractivity contribution in [2.75, 3.05) is 29.4 Å². The van der Waals surface area contributed by atoms with Gasteiger partial charge in [0.1, 0.15) is 11.6 Å². The van der Waals surface area contributed by atoms with Gasteiger partial charge in [0, 0.05) is 62.0 Å². The number of amides is 1. The molecule has 1 aromatic heterocycles. The number of halogens is 1. The predicted molar refractivity (Wildman–Crippen MR) is 124 cm³/mol. The summed E-state index contributed by atoms with van der Waals surface area (Å²) in [7, 11) is 0. The molecule has 0 aliphatic carbocycles. The summed E-state index contributed by atoms with van der Waals surface area (Å²) in [4.78, 5) is 37.1. The molecule has 174 valence electrons. The van der Waals surface area contributed by atoms with E-state index in [-0.39, 0.29) is 30.0 Å². The lowest BCUT2D eigenvalue weighted by Crippen LogP contribution is -2.61. The molecule has 10 heteroatoms. The Bertz CT molecular complexity index is 1220. The molecule has 3 heterocycles. The Kier molecular flexibility index (Phi) is 5.79. The van der Waals surface area contributed by atoms with E-state index in [1.165, 1.54) is 12.1 Å². The lowest BCUT2D eigenvalue weighted by molar-refractivity contribution is -0.384. The summed E-state index contributed by atoms with van der Waals surface area (Å²) in [5, 5.41) is 14.2. The Labute approximate surface area is 195 Å². The van der Waals surface area contributed by atoms with Crippen molar-refractivity contribution in [3.63, 3.8) is 0 Å². The zero-order valence-corrected chi connectivity index (χ0v) is 18.3. The van der Waals surface area contributed by atoms with Crippen LogP contribution in [0.2, 0.25) is 0 Å². The highest BCUT2D eigenvalue weighted by atomic mass is 19.1. The third kappa shape index (κ3) is 4.14. The molecule has 0 spiro atoms. The van der Waals surface area contributed by atoms with Gasteiger partial charge in [0.25, 0.3) is 5.69 Å². The minimum Gasteiger partial charge on any atom is -0.364 e. The van der Waals surface area contributed by atoms with E-state index >= 15 is 0 Å². The number of anilines is 2. The second kappa shape index (κ2) is 9.05. The molecule has 34 heavy (non-hydrogen) atoms. The van der Waals surface area contributed by atoms with Gasteiger partial charge in [-0.3, -0.25) is 19.9 Å². The molecule has 3 aromatic rings. The predicted octanol–water partition coefficient (Wildman–Crippen LogP) is 2.71. The molecule has 2 aromatic carbocycles. The molecular weight excluding hydrogens is 439 g/mol. The minimum absolute atomic E-state index is 0.000843. The van der Waals surface area contributed by atoms with Gasteiger partial charge >= 0.3 is 0 Å². The van der Waals surface area contributed by atoms with Crippen molar-refractivity contribution < 1.29 is 14.1 Å². The molecule has 0 radical (unpaired) electrons. The smallest absolute Gasteiger partial charge is 0.269 e. The first kappa shape index (κ1) is 21.7. The molecule has 5 rings (SSSR count). The molecule has 2 aliphatic rings. The molecule has 1 fully saturated rings. The number of nitrogens with zero attached hydrogens (tertiary/aromatic N) is 5. The molecule has 2 aliphatic heterocycles.